The summed E-state index contributed by atoms with van der Waals surface area (Å²) in [4.78, 5) is 6.86. The molecule has 3 rings (SSSR count). The fourth-order valence-electron chi connectivity index (χ4n) is 4.23. The van der Waals surface area contributed by atoms with Crippen LogP contribution in [0.5, 0.6) is 0 Å². The first-order valence-electron chi connectivity index (χ1n) is 10.1. The highest BCUT2D eigenvalue weighted by Crippen LogP contribution is 2.44. The smallest absolute Gasteiger partial charge is 0.134 e. The molecule has 144 valence electrons. The summed E-state index contributed by atoms with van der Waals surface area (Å²) in [5.41, 5.74) is 5.02. The minimum absolute atomic E-state index is 0.0471. The van der Waals surface area contributed by atoms with Crippen LogP contribution in [-0.2, 0) is 6.42 Å². The second-order valence-electron chi connectivity index (χ2n) is 8.28. The number of benzene rings is 2. The third-order valence-electron chi connectivity index (χ3n) is 5.65. The number of fused-ring (bicyclic) bond motifs is 1. The van der Waals surface area contributed by atoms with Gasteiger partial charge in [-0.05, 0) is 74.4 Å². The van der Waals surface area contributed by atoms with E-state index in [0.717, 1.165) is 37.2 Å². The van der Waals surface area contributed by atoms with E-state index in [1.165, 1.54) is 11.1 Å². The van der Waals surface area contributed by atoms with Gasteiger partial charge in [0.25, 0.3) is 0 Å². The molecule has 0 N–H and O–H groups in total. The predicted octanol–water partition coefficient (Wildman–Crippen LogP) is 6.64. The van der Waals surface area contributed by atoms with Crippen molar-refractivity contribution in [3.8, 4) is 0 Å². The molecule has 0 spiro atoms. The molecule has 0 amide bonds. The molecule has 0 saturated carbocycles. The van der Waals surface area contributed by atoms with Crippen molar-refractivity contribution in [1.29, 1.82) is 0 Å². The van der Waals surface area contributed by atoms with E-state index in [0.29, 0.717) is 11.5 Å². The summed E-state index contributed by atoms with van der Waals surface area (Å²) in [5, 5.41) is 0. The Balaban J connectivity index is 1.95. The van der Waals surface area contributed by atoms with E-state index in [-0.39, 0.29) is 11.4 Å². The van der Waals surface area contributed by atoms with Crippen molar-refractivity contribution in [3.05, 3.63) is 58.9 Å². The molecular formula is C24H31FN2. The molecule has 1 atom stereocenters. The summed E-state index contributed by atoms with van der Waals surface area (Å²) >= 11 is 0. The zero-order chi connectivity index (χ0) is 19.6. The quantitative estimate of drug-likeness (QED) is 0.541. The highest BCUT2D eigenvalue weighted by atomic mass is 19.1. The molecule has 1 unspecified atom stereocenters. The van der Waals surface area contributed by atoms with E-state index in [1.807, 2.05) is 18.2 Å². The number of rotatable bonds is 5. The Hall–Kier alpha value is -2.16. The number of hydrogen-bond acceptors (Lipinski definition) is 2. The van der Waals surface area contributed by atoms with E-state index < -0.39 is 0 Å². The molecule has 0 radical (unpaired) electrons. The van der Waals surface area contributed by atoms with Crippen molar-refractivity contribution in [2.24, 2.45) is 4.99 Å². The van der Waals surface area contributed by atoms with E-state index in [4.69, 9.17) is 0 Å². The Bertz CT molecular complexity index is 821. The number of halogens is 1. The maximum atomic E-state index is 14.9. The van der Waals surface area contributed by atoms with Gasteiger partial charge in [0.05, 0.1) is 5.69 Å². The van der Waals surface area contributed by atoms with Gasteiger partial charge in [0.1, 0.15) is 5.82 Å². The number of aryl methyl sites for hydroxylation is 1. The topological polar surface area (TPSA) is 15.6 Å². The van der Waals surface area contributed by atoms with Crippen molar-refractivity contribution >= 4 is 17.6 Å². The second-order valence-corrected chi connectivity index (χ2v) is 8.28. The lowest BCUT2D eigenvalue weighted by Gasteiger charge is -2.47. The molecule has 0 saturated heterocycles. The first-order valence-corrected chi connectivity index (χ1v) is 10.1. The lowest BCUT2D eigenvalue weighted by Crippen LogP contribution is -2.48. The predicted molar refractivity (Wildman–Crippen MR) is 114 cm³/mol. The lowest BCUT2D eigenvalue weighted by molar-refractivity contribution is 0.375. The molecule has 2 aromatic rings. The number of anilines is 1. The molecule has 0 fully saturated rings. The molecule has 1 aliphatic rings. The molecule has 0 bridgehead atoms. The zero-order valence-electron chi connectivity index (χ0n) is 17.2. The van der Waals surface area contributed by atoms with Gasteiger partial charge in [-0.2, -0.15) is 0 Å². The van der Waals surface area contributed by atoms with Crippen LogP contribution in [0.4, 0.5) is 15.8 Å². The third kappa shape index (κ3) is 4.07. The summed E-state index contributed by atoms with van der Waals surface area (Å²) in [5.74, 6) is 0.202. The van der Waals surface area contributed by atoms with Crippen LogP contribution in [0.25, 0.3) is 0 Å². The number of aliphatic imine (C=N–C) groups is 1. The van der Waals surface area contributed by atoms with E-state index in [2.05, 4.69) is 56.6 Å². The fourth-order valence-corrected chi connectivity index (χ4v) is 4.23. The molecule has 1 heterocycles. The summed E-state index contributed by atoms with van der Waals surface area (Å²) in [6.45, 7) is 12.0. The highest BCUT2D eigenvalue weighted by molar-refractivity contribution is 5.84. The minimum Gasteiger partial charge on any atom is -0.366 e. The van der Waals surface area contributed by atoms with Gasteiger partial charge in [-0.25, -0.2) is 4.39 Å². The third-order valence-corrected chi connectivity index (χ3v) is 5.65. The Morgan fingerprint density at radius 3 is 2.52 bits per heavy atom. The molecule has 0 aromatic heterocycles. The van der Waals surface area contributed by atoms with E-state index in [9.17, 15) is 4.39 Å². The summed E-state index contributed by atoms with van der Waals surface area (Å²) in [7, 11) is 0. The van der Waals surface area contributed by atoms with Crippen molar-refractivity contribution in [3.63, 3.8) is 0 Å². The molecular weight excluding hydrogens is 335 g/mol. The second kappa shape index (κ2) is 7.84. The molecule has 3 heteroatoms. The van der Waals surface area contributed by atoms with E-state index in [1.54, 1.807) is 12.3 Å². The monoisotopic (exact) mass is 366 g/mol. The average Bonchev–Trinajstić information content (AvgIpc) is 2.64. The van der Waals surface area contributed by atoms with Gasteiger partial charge in [-0.1, -0.05) is 32.9 Å². The van der Waals surface area contributed by atoms with Crippen LogP contribution in [0.2, 0.25) is 0 Å². The van der Waals surface area contributed by atoms with Gasteiger partial charge < -0.3 is 4.90 Å². The molecule has 1 aliphatic heterocycles. The molecule has 2 aromatic carbocycles. The Morgan fingerprint density at radius 1 is 1.19 bits per heavy atom. The Morgan fingerprint density at radius 2 is 1.89 bits per heavy atom. The standard InChI is InChI=1S/C24H31FN2/c1-6-12-27-23-14-22(25)19(13-21(23)17(3)15-24(27,4)5)16-26-20-10-8-18(7-2)9-11-20/h8-11,13-14,16-17H,6-7,12,15H2,1-5H3. The summed E-state index contributed by atoms with van der Waals surface area (Å²) < 4.78 is 14.9. The SMILES string of the molecule is CCCN1c2cc(F)c(C=Nc3ccc(CC)cc3)cc2C(C)CC1(C)C. The van der Waals surface area contributed by atoms with Crippen LogP contribution in [0, 0.1) is 5.82 Å². The van der Waals surface area contributed by atoms with Crippen molar-refractivity contribution in [2.45, 2.75) is 65.3 Å². The lowest BCUT2D eigenvalue weighted by atomic mass is 9.79. The van der Waals surface area contributed by atoms with E-state index >= 15 is 0 Å². The number of hydrogen-bond donors (Lipinski definition) is 0. The molecule has 2 nitrogen and oxygen atoms in total. The van der Waals surface area contributed by atoms with Crippen LogP contribution < -0.4 is 4.90 Å². The van der Waals surface area contributed by atoms with Crippen LogP contribution in [0.1, 0.15) is 70.1 Å². The minimum atomic E-state index is -0.200. The first kappa shape index (κ1) is 19.6. The van der Waals surface area contributed by atoms with Gasteiger partial charge in [0.15, 0.2) is 0 Å². The molecule has 0 aliphatic carbocycles. The summed E-state index contributed by atoms with van der Waals surface area (Å²) in [6, 6.07) is 11.8. The van der Waals surface area contributed by atoms with Crippen molar-refractivity contribution < 1.29 is 4.39 Å². The van der Waals surface area contributed by atoms with Crippen LogP contribution in [-0.4, -0.2) is 18.3 Å². The Labute approximate surface area is 163 Å². The van der Waals surface area contributed by atoms with Gasteiger partial charge in [-0.15, -0.1) is 0 Å². The Kier molecular flexibility index (Phi) is 5.69. The molecule has 27 heavy (non-hydrogen) atoms. The first-order chi connectivity index (χ1) is 12.9. The highest BCUT2D eigenvalue weighted by Gasteiger charge is 2.36. The van der Waals surface area contributed by atoms with Crippen LogP contribution >= 0.6 is 0 Å². The zero-order valence-corrected chi connectivity index (χ0v) is 17.2. The normalized spacial score (nSPS) is 18.7. The maximum absolute atomic E-state index is 14.9. The van der Waals surface area contributed by atoms with Gasteiger partial charge in [0, 0.05) is 29.5 Å². The van der Waals surface area contributed by atoms with Crippen LogP contribution in [0.15, 0.2) is 41.4 Å². The van der Waals surface area contributed by atoms with Crippen molar-refractivity contribution in [2.75, 3.05) is 11.4 Å². The number of nitrogens with zero attached hydrogens (tertiary/aromatic N) is 2. The largest absolute Gasteiger partial charge is 0.366 e. The van der Waals surface area contributed by atoms with Gasteiger partial charge >= 0.3 is 0 Å². The summed E-state index contributed by atoms with van der Waals surface area (Å²) in [6.07, 6.45) is 4.79. The van der Waals surface area contributed by atoms with Gasteiger partial charge in [-0.3, -0.25) is 4.99 Å². The fraction of sp³-hybridized carbons (Fsp3) is 0.458. The van der Waals surface area contributed by atoms with Crippen molar-refractivity contribution in [1.82, 2.24) is 0 Å². The average molecular weight is 367 g/mol. The maximum Gasteiger partial charge on any atom is 0.134 e. The van der Waals surface area contributed by atoms with Gasteiger partial charge in [0.2, 0.25) is 0 Å². The van der Waals surface area contributed by atoms with Crippen LogP contribution in [0.3, 0.4) is 0 Å².